The molecule has 0 fully saturated rings. The molecule has 0 amide bonds. The van der Waals surface area contributed by atoms with Crippen LogP contribution in [-0.2, 0) is 19.5 Å². The molecule has 6 heteroatoms. The average molecular weight is 333 g/mol. The molecule has 2 aromatic rings. The van der Waals surface area contributed by atoms with Gasteiger partial charge in [0.2, 0.25) is 0 Å². The number of rotatable bonds is 5. The van der Waals surface area contributed by atoms with Crippen LogP contribution in [0, 0.1) is 0 Å². The quantitative estimate of drug-likeness (QED) is 0.831. The van der Waals surface area contributed by atoms with Gasteiger partial charge in [-0.25, -0.2) is 0 Å². The van der Waals surface area contributed by atoms with Gasteiger partial charge in [0.15, 0.2) is 0 Å². The molecule has 108 valence electrons. The monoisotopic (exact) mass is 331 g/mol. The number of nitrogens with zero attached hydrogens (tertiary/aromatic N) is 2. The molecule has 0 atom stereocenters. The standard InChI is InChI=1S/C14H16Cl3N3/c1-3-10-14(17)12(20(4-2)19-10)8-18-11-7-5-6-9(15)13(11)16/h5-7,18H,3-4,8H2,1-2H3. The first-order chi connectivity index (χ1) is 9.58. The van der Waals surface area contributed by atoms with Gasteiger partial charge in [0.05, 0.1) is 38.7 Å². The largest absolute Gasteiger partial charge is 0.378 e. The summed E-state index contributed by atoms with van der Waals surface area (Å²) in [5.74, 6) is 0. The second kappa shape index (κ2) is 6.70. The molecule has 0 bridgehead atoms. The summed E-state index contributed by atoms with van der Waals surface area (Å²) in [7, 11) is 0. The summed E-state index contributed by atoms with van der Waals surface area (Å²) in [5.41, 5.74) is 2.67. The summed E-state index contributed by atoms with van der Waals surface area (Å²) in [5, 5.41) is 9.51. The molecule has 1 aromatic carbocycles. The number of hydrogen-bond acceptors (Lipinski definition) is 2. The Morgan fingerprint density at radius 3 is 2.55 bits per heavy atom. The Bertz CT molecular complexity index is 608. The zero-order chi connectivity index (χ0) is 14.7. The lowest BCUT2D eigenvalue weighted by molar-refractivity contribution is 0.619. The highest BCUT2D eigenvalue weighted by Crippen LogP contribution is 2.30. The van der Waals surface area contributed by atoms with E-state index in [1.165, 1.54) is 0 Å². The number of aromatic nitrogens is 2. The summed E-state index contributed by atoms with van der Waals surface area (Å²) >= 11 is 18.5. The van der Waals surface area contributed by atoms with E-state index < -0.39 is 0 Å². The van der Waals surface area contributed by atoms with Crippen molar-refractivity contribution >= 4 is 40.5 Å². The van der Waals surface area contributed by atoms with Crippen LogP contribution in [0.15, 0.2) is 18.2 Å². The lowest BCUT2D eigenvalue weighted by Gasteiger charge is -2.10. The summed E-state index contributed by atoms with van der Waals surface area (Å²) < 4.78 is 1.91. The van der Waals surface area contributed by atoms with E-state index in [9.17, 15) is 0 Å². The maximum absolute atomic E-state index is 6.36. The van der Waals surface area contributed by atoms with Crippen molar-refractivity contribution in [2.45, 2.75) is 33.4 Å². The number of aryl methyl sites for hydroxylation is 2. The maximum atomic E-state index is 6.36. The van der Waals surface area contributed by atoms with E-state index in [0.29, 0.717) is 16.6 Å². The minimum atomic E-state index is 0.517. The molecule has 3 nitrogen and oxygen atoms in total. The van der Waals surface area contributed by atoms with E-state index in [1.54, 1.807) is 6.07 Å². The predicted octanol–water partition coefficient (Wildman–Crippen LogP) is 5.04. The minimum absolute atomic E-state index is 0.517. The van der Waals surface area contributed by atoms with E-state index in [0.717, 1.165) is 35.1 Å². The van der Waals surface area contributed by atoms with Gasteiger partial charge >= 0.3 is 0 Å². The normalized spacial score (nSPS) is 10.8. The van der Waals surface area contributed by atoms with Crippen LogP contribution in [0.25, 0.3) is 0 Å². The molecule has 1 aromatic heterocycles. The number of anilines is 1. The zero-order valence-corrected chi connectivity index (χ0v) is 13.6. The smallest absolute Gasteiger partial charge is 0.0868 e. The summed E-state index contributed by atoms with van der Waals surface area (Å²) in [4.78, 5) is 0. The van der Waals surface area contributed by atoms with Crippen LogP contribution >= 0.6 is 34.8 Å². The lowest BCUT2D eigenvalue weighted by Crippen LogP contribution is -2.08. The van der Waals surface area contributed by atoms with Crippen molar-refractivity contribution < 1.29 is 0 Å². The molecule has 0 saturated carbocycles. The van der Waals surface area contributed by atoms with Crippen molar-refractivity contribution in [1.82, 2.24) is 9.78 Å². The van der Waals surface area contributed by atoms with Gasteiger partial charge in [0.1, 0.15) is 0 Å². The van der Waals surface area contributed by atoms with Crippen LogP contribution in [0.1, 0.15) is 25.2 Å². The van der Waals surface area contributed by atoms with Gasteiger partial charge in [-0.3, -0.25) is 4.68 Å². The second-order valence-electron chi connectivity index (χ2n) is 4.33. The van der Waals surface area contributed by atoms with E-state index in [1.807, 2.05) is 30.7 Å². The number of hydrogen-bond donors (Lipinski definition) is 1. The van der Waals surface area contributed by atoms with E-state index in [4.69, 9.17) is 34.8 Å². The molecule has 2 rings (SSSR count). The fourth-order valence-corrected chi connectivity index (χ4v) is 2.71. The molecule has 0 unspecified atom stereocenters. The van der Waals surface area contributed by atoms with Gasteiger partial charge in [0.25, 0.3) is 0 Å². The van der Waals surface area contributed by atoms with Crippen LogP contribution in [0.3, 0.4) is 0 Å². The van der Waals surface area contributed by atoms with Gasteiger partial charge in [-0.1, -0.05) is 47.8 Å². The molecule has 1 heterocycles. The Hall–Kier alpha value is -0.900. The van der Waals surface area contributed by atoms with Gasteiger partial charge < -0.3 is 5.32 Å². The topological polar surface area (TPSA) is 29.9 Å². The van der Waals surface area contributed by atoms with E-state index in [2.05, 4.69) is 10.4 Å². The minimum Gasteiger partial charge on any atom is -0.378 e. The molecule has 0 aliphatic rings. The van der Waals surface area contributed by atoms with Gasteiger partial charge in [-0.05, 0) is 25.5 Å². The Balaban J connectivity index is 2.22. The molecule has 0 spiro atoms. The van der Waals surface area contributed by atoms with Crippen molar-refractivity contribution in [1.29, 1.82) is 0 Å². The Labute approximate surface area is 133 Å². The molecular formula is C14H16Cl3N3. The van der Waals surface area contributed by atoms with Crippen LogP contribution in [-0.4, -0.2) is 9.78 Å². The Morgan fingerprint density at radius 2 is 1.90 bits per heavy atom. The Morgan fingerprint density at radius 1 is 1.15 bits per heavy atom. The molecule has 0 aliphatic carbocycles. The van der Waals surface area contributed by atoms with Crippen molar-refractivity contribution in [3.8, 4) is 0 Å². The number of halogens is 3. The molecule has 1 N–H and O–H groups in total. The van der Waals surface area contributed by atoms with Gasteiger partial charge in [-0.15, -0.1) is 0 Å². The first-order valence-electron chi connectivity index (χ1n) is 6.50. The van der Waals surface area contributed by atoms with Crippen molar-refractivity contribution in [2.75, 3.05) is 5.32 Å². The third kappa shape index (κ3) is 3.05. The highest BCUT2D eigenvalue weighted by Gasteiger charge is 2.14. The maximum Gasteiger partial charge on any atom is 0.0868 e. The lowest BCUT2D eigenvalue weighted by atomic mass is 10.2. The van der Waals surface area contributed by atoms with Crippen molar-refractivity contribution in [3.63, 3.8) is 0 Å². The van der Waals surface area contributed by atoms with Crippen LogP contribution in [0.4, 0.5) is 5.69 Å². The second-order valence-corrected chi connectivity index (χ2v) is 5.49. The van der Waals surface area contributed by atoms with E-state index >= 15 is 0 Å². The van der Waals surface area contributed by atoms with E-state index in [-0.39, 0.29) is 0 Å². The number of nitrogens with one attached hydrogen (secondary N) is 1. The van der Waals surface area contributed by atoms with Crippen molar-refractivity contribution in [2.24, 2.45) is 0 Å². The predicted molar refractivity (Wildman–Crippen MR) is 86.1 cm³/mol. The van der Waals surface area contributed by atoms with Crippen LogP contribution < -0.4 is 5.32 Å². The molecule has 20 heavy (non-hydrogen) atoms. The molecule has 0 saturated heterocycles. The SMILES string of the molecule is CCc1nn(CC)c(CNc2cccc(Cl)c2Cl)c1Cl. The molecule has 0 aliphatic heterocycles. The third-order valence-electron chi connectivity index (χ3n) is 3.09. The molecule has 0 radical (unpaired) electrons. The van der Waals surface area contributed by atoms with Crippen LogP contribution in [0.5, 0.6) is 0 Å². The Kier molecular flexibility index (Phi) is 5.19. The number of benzene rings is 1. The average Bonchev–Trinajstić information content (AvgIpc) is 2.76. The van der Waals surface area contributed by atoms with Gasteiger partial charge in [0, 0.05) is 6.54 Å². The summed E-state index contributed by atoms with van der Waals surface area (Å²) in [6.07, 6.45) is 0.816. The van der Waals surface area contributed by atoms with Crippen LogP contribution in [0.2, 0.25) is 15.1 Å². The third-order valence-corrected chi connectivity index (χ3v) is 4.35. The highest BCUT2D eigenvalue weighted by atomic mass is 35.5. The summed E-state index contributed by atoms with van der Waals surface area (Å²) in [6, 6.07) is 5.50. The fourth-order valence-electron chi connectivity index (χ4n) is 2.01. The zero-order valence-electron chi connectivity index (χ0n) is 11.4. The van der Waals surface area contributed by atoms with Crippen molar-refractivity contribution in [3.05, 3.63) is 44.7 Å². The highest BCUT2D eigenvalue weighted by molar-refractivity contribution is 6.43. The summed E-state index contributed by atoms with van der Waals surface area (Å²) in [6.45, 7) is 5.41. The first kappa shape index (κ1) is 15.5. The van der Waals surface area contributed by atoms with Gasteiger partial charge in [-0.2, -0.15) is 5.10 Å². The molecular weight excluding hydrogens is 317 g/mol. The first-order valence-corrected chi connectivity index (χ1v) is 7.63. The fraction of sp³-hybridized carbons (Fsp3) is 0.357.